The Labute approximate surface area is 182 Å². The second-order valence-corrected chi connectivity index (χ2v) is 8.15. The van der Waals surface area contributed by atoms with E-state index in [2.05, 4.69) is 10.6 Å². The first-order valence-corrected chi connectivity index (χ1v) is 10.5. The van der Waals surface area contributed by atoms with Gasteiger partial charge in [-0.1, -0.05) is 24.3 Å². The van der Waals surface area contributed by atoms with Crippen LogP contribution in [0.2, 0.25) is 0 Å². The predicted molar refractivity (Wildman–Crippen MR) is 121 cm³/mol. The number of nitrogens with zero attached hydrogens (tertiary/aromatic N) is 1. The first-order valence-electron chi connectivity index (χ1n) is 10.5. The molecule has 3 N–H and O–H groups in total. The number of aryl methyl sites for hydroxylation is 3. The van der Waals surface area contributed by atoms with Crippen LogP contribution in [0.5, 0.6) is 0 Å². The van der Waals surface area contributed by atoms with E-state index in [0.717, 1.165) is 35.2 Å². The normalized spacial score (nSPS) is 13.2. The van der Waals surface area contributed by atoms with E-state index in [9.17, 15) is 14.4 Å². The fourth-order valence-electron chi connectivity index (χ4n) is 3.55. The maximum atomic E-state index is 12.6. The summed E-state index contributed by atoms with van der Waals surface area (Å²) in [6, 6.07) is 10.9. The molecular weight excluding hydrogens is 394 g/mol. The first kappa shape index (κ1) is 22.5. The van der Waals surface area contributed by atoms with Crippen LogP contribution in [0.15, 0.2) is 36.4 Å². The fourth-order valence-corrected chi connectivity index (χ4v) is 3.55. The number of carboxylic acid groups (broad SMARTS) is 1. The third-order valence-electron chi connectivity index (χ3n) is 5.54. The summed E-state index contributed by atoms with van der Waals surface area (Å²) in [6.45, 7) is 6.45. The highest BCUT2D eigenvalue weighted by Crippen LogP contribution is 2.27. The molecule has 3 rings (SSSR count). The number of aromatic carboxylic acids is 1. The number of carbonyl (C=O) groups excluding carboxylic acids is 2. The summed E-state index contributed by atoms with van der Waals surface area (Å²) in [5.74, 6) is -1.33. The van der Waals surface area contributed by atoms with Crippen LogP contribution in [0.3, 0.4) is 0 Å². The van der Waals surface area contributed by atoms with E-state index >= 15 is 0 Å². The second-order valence-electron chi connectivity index (χ2n) is 8.15. The average molecular weight is 424 g/mol. The maximum absolute atomic E-state index is 12.6. The zero-order valence-corrected chi connectivity index (χ0v) is 18.2. The van der Waals surface area contributed by atoms with Crippen molar-refractivity contribution in [1.29, 1.82) is 0 Å². The summed E-state index contributed by atoms with van der Waals surface area (Å²) in [7, 11) is 0. The molecule has 0 heterocycles. The lowest BCUT2D eigenvalue weighted by molar-refractivity contribution is -0.119. The van der Waals surface area contributed by atoms with Gasteiger partial charge >= 0.3 is 5.97 Å². The molecule has 7 nitrogen and oxygen atoms in total. The number of rotatable bonds is 9. The van der Waals surface area contributed by atoms with Crippen molar-refractivity contribution in [3.63, 3.8) is 0 Å². The maximum Gasteiger partial charge on any atom is 0.335 e. The van der Waals surface area contributed by atoms with Crippen molar-refractivity contribution >= 4 is 29.2 Å². The van der Waals surface area contributed by atoms with Gasteiger partial charge < -0.3 is 15.7 Å². The van der Waals surface area contributed by atoms with E-state index in [1.807, 2.05) is 43.9 Å². The number of hydrogen-bond donors (Lipinski definition) is 3. The van der Waals surface area contributed by atoms with E-state index in [1.165, 1.54) is 12.1 Å². The average Bonchev–Trinajstić information content (AvgIpc) is 3.55. The Morgan fingerprint density at radius 1 is 0.968 bits per heavy atom. The molecule has 0 radical (unpaired) electrons. The standard InChI is InChI=1S/C24H29N3O4/c1-15-7-8-18(24(30)31)13-20(15)25-21(28)11-12-27(19-9-10-19)14-22(29)26-23-16(2)5-4-6-17(23)3/h4-8,13,19H,9-12,14H2,1-3H3,(H,25,28)(H,26,29)(H,30,31). The van der Waals surface area contributed by atoms with Gasteiger partial charge in [-0.3, -0.25) is 14.5 Å². The molecule has 2 aromatic rings. The van der Waals surface area contributed by atoms with Crippen molar-refractivity contribution < 1.29 is 19.5 Å². The van der Waals surface area contributed by atoms with E-state index in [0.29, 0.717) is 18.3 Å². The Morgan fingerprint density at radius 3 is 2.26 bits per heavy atom. The van der Waals surface area contributed by atoms with Crippen molar-refractivity contribution in [2.45, 2.75) is 46.1 Å². The van der Waals surface area contributed by atoms with Crippen molar-refractivity contribution in [1.82, 2.24) is 4.90 Å². The molecule has 0 spiro atoms. The smallest absolute Gasteiger partial charge is 0.335 e. The van der Waals surface area contributed by atoms with Crippen LogP contribution in [-0.4, -0.2) is 46.9 Å². The SMILES string of the molecule is Cc1ccc(C(=O)O)cc1NC(=O)CCN(CC(=O)Nc1c(C)cccc1C)C1CC1. The molecule has 2 aromatic carbocycles. The zero-order valence-electron chi connectivity index (χ0n) is 18.2. The summed E-state index contributed by atoms with van der Waals surface area (Å²) in [6.07, 6.45) is 2.28. The van der Waals surface area contributed by atoms with Crippen LogP contribution in [0, 0.1) is 20.8 Å². The molecule has 0 unspecified atom stereocenters. The third-order valence-corrected chi connectivity index (χ3v) is 5.54. The topological polar surface area (TPSA) is 98.7 Å². The molecule has 1 aliphatic rings. The lowest BCUT2D eigenvalue weighted by Crippen LogP contribution is -2.37. The van der Waals surface area contributed by atoms with Crippen LogP contribution in [-0.2, 0) is 9.59 Å². The molecule has 0 saturated heterocycles. The van der Waals surface area contributed by atoms with Crippen molar-refractivity contribution in [2.24, 2.45) is 0 Å². The minimum atomic E-state index is -1.04. The van der Waals surface area contributed by atoms with Gasteiger partial charge in [0.1, 0.15) is 0 Å². The summed E-state index contributed by atoms with van der Waals surface area (Å²) in [5.41, 5.74) is 4.30. The Kier molecular flexibility index (Phi) is 7.07. The number of carbonyl (C=O) groups is 3. The highest BCUT2D eigenvalue weighted by molar-refractivity contribution is 5.95. The monoisotopic (exact) mass is 423 g/mol. The summed E-state index contributed by atoms with van der Waals surface area (Å²) < 4.78 is 0. The molecule has 7 heteroatoms. The number of carboxylic acids is 1. The van der Waals surface area contributed by atoms with Gasteiger partial charge in [0, 0.05) is 30.4 Å². The van der Waals surface area contributed by atoms with E-state index in [1.54, 1.807) is 6.07 Å². The number of hydrogen-bond acceptors (Lipinski definition) is 4. The Morgan fingerprint density at radius 2 is 1.65 bits per heavy atom. The van der Waals surface area contributed by atoms with Gasteiger partial charge in [0.25, 0.3) is 0 Å². The van der Waals surface area contributed by atoms with Crippen LogP contribution < -0.4 is 10.6 Å². The summed E-state index contributed by atoms with van der Waals surface area (Å²) >= 11 is 0. The number of benzene rings is 2. The minimum absolute atomic E-state index is 0.0882. The second kappa shape index (κ2) is 9.75. The van der Waals surface area contributed by atoms with E-state index in [-0.39, 0.29) is 30.3 Å². The molecule has 1 fully saturated rings. The van der Waals surface area contributed by atoms with Gasteiger partial charge in [0.05, 0.1) is 12.1 Å². The molecule has 31 heavy (non-hydrogen) atoms. The number of amides is 2. The minimum Gasteiger partial charge on any atom is -0.478 e. The lowest BCUT2D eigenvalue weighted by atomic mass is 10.1. The van der Waals surface area contributed by atoms with Crippen LogP contribution in [0.25, 0.3) is 0 Å². The molecule has 164 valence electrons. The van der Waals surface area contributed by atoms with E-state index < -0.39 is 5.97 Å². The Bertz CT molecular complexity index is 978. The molecule has 1 saturated carbocycles. The predicted octanol–water partition coefficient (Wildman–Crippen LogP) is 3.74. The molecule has 1 aliphatic carbocycles. The summed E-state index contributed by atoms with van der Waals surface area (Å²) in [5, 5.41) is 15.0. The molecule has 0 bridgehead atoms. The van der Waals surface area contributed by atoms with Crippen molar-refractivity contribution in [2.75, 3.05) is 23.7 Å². The van der Waals surface area contributed by atoms with Gasteiger partial charge in [-0.25, -0.2) is 4.79 Å². The van der Waals surface area contributed by atoms with Gasteiger partial charge in [-0.05, 0) is 62.4 Å². The number of nitrogens with one attached hydrogen (secondary N) is 2. The fraction of sp³-hybridized carbons (Fsp3) is 0.375. The highest BCUT2D eigenvalue weighted by Gasteiger charge is 2.30. The quantitative estimate of drug-likeness (QED) is 0.571. The lowest BCUT2D eigenvalue weighted by Gasteiger charge is -2.22. The van der Waals surface area contributed by atoms with Gasteiger partial charge in [0.2, 0.25) is 11.8 Å². The van der Waals surface area contributed by atoms with Gasteiger partial charge in [-0.2, -0.15) is 0 Å². The zero-order chi connectivity index (χ0) is 22.5. The highest BCUT2D eigenvalue weighted by atomic mass is 16.4. The number of anilines is 2. The molecule has 2 amide bonds. The largest absolute Gasteiger partial charge is 0.478 e. The Balaban J connectivity index is 1.56. The van der Waals surface area contributed by atoms with Crippen LogP contribution >= 0.6 is 0 Å². The van der Waals surface area contributed by atoms with Crippen LogP contribution in [0.4, 0.5) is 11.4 Å². The summed E-state index contributed by atoms with van der Waals surface area (Å²) in [4.78, 5) is 38.3. The Hall–Kier alpha value is -3.19. The molecular formula is C24H29N3O4. The first-order chi connectivity index (χ1) is 14.7. The molecule has 0 atom stereocenters. The third kappa shape index (κ3) is 6.15. The van der Waals surface area contributed by atoms with Crippen molar-refractivity contribution in [3.05, 3.63) is 58.7 Å². The molecule has 0 aliphatic heterocycles. The van der Waals surface area contributed by atoms with Gasteiger partial charge in [-0.15, -0.1) is 0 Å². The van der Waals surface area contributed by atoms with E-state index in [4.69, 9.17) is 5.11 Å². The molecule has 0 aromatic heterocycles. The van der Waals surface area contributed by atoms with Gasteiger partial charge in [0.15, 0.2) is 0 Å². The number of para-hydroxylation sites is 1. The van der Waals surface area contributed by atoms with Crippen LogP contribution in [0.1, 0.15) is 46.3 Å². The van der Waals surface area contributed by atoms with Crippen molar-refractivity contribution in [3.8, 4) is 0 Å².